The van der Waals surface area contributed by atoms with E-state index in [9.17, 15) is 14.7 Å². The Morgan fingerprint density at radius 3 is 2.66 bits per heavy atom. The highest BCUT2D eigenvalue weighted by Gasteiger charge is 2.28. The molecule has 1 aromatic heterocycles. The fourth-order valence-electron chi connectivity index (χ4n) is 3.47. The molecule has 0 unspecified atom stereocenters. The molecule has 1 saturated heterocycles. The summed E-state index contributed by atoms with van der Waals surface area (Å²) in [6.07, 6.45) is 0. The van der Waals surface area contributed by atoms with Gasteiger partial charge >= 0.3 is 0 Å². The van der Waals surface area contributed by atoms with Crippen molar-refractivity contribution in [3.8, 4) is 11.5 Å². The Bertz CT molecular complexity index is 865. The quantitative estimate of drug-likeness (QED) is 0.726. The summed E-state index contributed by atoms with van der Waals surface area (Å²) >= 11 is 1.30. The standard InChI is InChI=1S/C20H23N3O5S/c24-12-15(21-19(25)18-2-1-9-29-18)20(26)23-7-5-22(6-8-23)11-14-3-4-16-17(10-14)28-13-27-16/h1-4,9-10,15,24H,5-8,11-13H2,(H,21,25)/t15-/m0/s1. The molecule has 0 spiro atoms. The number of aliphatic hydroxyl groups excluding tert-OH is 1. The molecule has 9 heteroatoms. The van der Waals surface area contributed by atoms with E-state index in [1.54, 1.807) is 22.4 Å². The van der Waals surface area contributed by atoms with Crippen molar-refractivity contribution in [2.45, 2.75) is 12.6 Å². The van der Waals surface area contributed by atoms with E-state index in [0.29, 0.717) is 18.0 Å². The molecule has 4 rings (SSSR count). The van der Waals surface area contributed by atoms with Gasteiger partial charge in [0, 0.05) is 32.7 Å². The summed E-state index contributed by atoms with van der Waals surface area (Å²) in [4.78, 5) is 29.4. The van der Waals surface area contributed by atoms with Gasteiger partial charge in [-0.1, -0.05) is 12.1 Å². The van der Waals surface area contributed by atoms with E-state index in [0.717, 1.165) is 36.7 Å². The van der Waals surface area contributed by atoms with Crippen LogP contribution in [0.4, 0.5) is 0 Å². The zero-order valence-corrected chi connectivity index (χ0v) is 16.7. The van der Waals surface area contributed by atoms with E-state index in [-0.39, 0.29) is 18.6 Å². The normalized spacial score (nSPS) is 17.2. The van der Waals surface area contributed by atoms with Gasteiger partial charge in [-0.2, -0.15) is 0 Å². The maximum absolute atomic E-state index is 12.7. The van der Waals surface area contributed by atoms with Crippen molar-refractivity contribution in [1.29, 1.82) is 0 Å². The lowest BCUT2D eigenvalue weighted by atomic mass is 10.1. The summed E-state index contributed by atoms with van der Waals surface area (Å²) in [5.41, 5.74) is 1.13. The molecule has 2 amide bonds. The highest BCUT2D eigenvalue weighted by atomic mass is 32.1. The van der Waals surface area contributed by atoms with Crippen LogP contribution in [0.15, 0.2) is 35.7 Å². The van der Waals surface area contributed by atoms with Gasteiger partial charge in [0.05, 0.1) is 11.5 Å². The van der Waals surface area contributed by atoms with Crippen molar-refractivity contribution in [1.82, 2.24) is 15.1 Å². The van der Waals surface area contributed by atoms with Gasteiger partial charge in [0.25, 0.3) is 5.91 Å². The maximum atomic E-state index is 12.7. The topological polar surface area (TPSA) is 91.3 Å². The summed E-state index contributed by atoms with van der Waals surface area (Å²) in [5, 5.41) is 14.0. The molecule has 3 heterocycles. The van der Waals surface area contributed by atoms with Crippen LogP contribution in [0.1, 0.15) is 15.2 Å². The summed E-state index contributed by atoms with van der Waals surface area (Å²) in [7, 11) is 0. The lowest BCUT2D eigenvalue weighted by Gasteiger charge is -2.36. The number of fused-ring (bicyclic) bond motifs is 1. The number of ether oxygens (including phenoxy) is 2. The Morgan fingerprint density at radius 2 is 1.93 bits per heavy atom. The number of carbonyl (C=O) groups is 2. The molecule has 2 N–H and O–H groups in total. The average Bonchev–Trinajstić information content (AvgIpc) is 3.43. The second kappa shape index (κ2) is 8.81. The van der Waals surface area contributed by atoms with Gasteiger partial charge in [0.2, 0.25) is 12.7 Å². The molecule has 29 heavy (non-hydrogen) atoms. The van der Waals surface area contributed by atoms with E-state index in [1.165, 1.54) is 11.3 Å². The molecule has 2 aliphatic rings. The number of carbonyl (C=O) groups excluding carboxylic acids is 2. The van der Waals surface area contributed by atoms with Crippen molar-refractivity contribution in [2.75, 3.05) is 39.6 Å². The molecule has 1 atom stereocenters. The SMILES string of the molecule is O=C(N[C@@H](CO)C(=O)N1CCN(Cc2ccc3c(c2)OCO3)CC1)c1cccs1. The number of rotatable bonds is 6. The molecule has 0 saturated carbocycles. The highest BCUT2D eigenvalue weighted by molar-refractivity contribution is 7.12. The Balaban J connectivity index is 1.29. The van der Waals surface area contributed by atoms with Gasteiger partial charge in [-0.3, -0.25) is 14.5 Å². The van der Waals surface area contributed by atoms with Crippen molar-refractivity contribution in [2.24, 2.45) is 0 Å². The molecule has 1 aromatic carbocycles. The van der Waals surface area contributed by atoms with E-state index in [4.69, 9.17) is 9.47 Å². The number of benzene rings is 1. The zero-order chi connectivity index (χ0) is 20.2. The summed E-state index contributed by atoms with van der Waals surface area (Å²) in [6, 6.07) is 8.46. The predicted octanol–water partition coefficient (Wildman–Crippen LogP) is 0.912. The molecule has 8 nitrogen and oxygen atoms in total. The predicted molar refractivity (Wildman–Crippen MR) is 107 cm³/mol. The minimum Gasteiger partial charge on any atom is -0.454 e. The first-order chi connectivity index (χ1) is 14.1. The molecule has 154 valence electrons. The Morgan fingerprint density at radius 1 is 1.14 bits per heavy atom. The number of hydrogen-bond donors (Lipinski definition) is 2. The fourth-order valence-corrected chi connectivity index (χ4v) is 4.09. The maximum Gasteiger partial charge on any atom is 0.262 e. The smallest absolute Gasteiger partial charge is 0.262 e. The number of nitrogens with zero attached hydrogens (tertiary/aromatic N) is 2. The number of aliphatic hydroxyl groups is 1. The molecule has 2 aliphatic heterocycles. The number of amides is 2. The molecular weight excluding hydrogens is 394 g/mol. The number of hydrogen-bond acceptors (Lipinski definition) is 7. The molecular formula is C20H23N3O5S. The monoisotopic (exact) mass is 417 g/mol. The fraction of sp³-hybridized carbons (Fsp3) is 0.400. The molecule has 0 radical (unpaired) electrons. The van der Waals surface area contributed by atoms with E-state index in [1.807, 2.05) is 18.2 Å². The first-order valence-corrected chi connectivity index (χ1v) is 10.4. The van der Waals surface area contributed by atoms with E-state index < -0.39 is 12.6 Å². The minimum atomic E-state index is -0.926. The van der Waals surface area contributed by atoms with Crippen LogP contribution in [-0.2, 0) is 11.3 Å². The lowest BCUT2D eigenvalue weighted by molar-refractivity contribution is -0.136. The van der Waals surface area contributed by atoms with Crippen LogP contribution >= 0.6 is 11.3 Å². The van der Waals surface area contributed by atoms with Crippen LogP contribution in [0.3, 0.4) is 0 Å². The largest absolute Gasteiger partial charge is 0.454 e. The molecule has 0 aliphatic carbocycles. The number of piperazine rings is 1. The average molecular weight is 417 g/mol. The van der Waals surface area contributed by atoms with Crippen molar-refractivity contribution < 1.29 is 24.2 Å². The Kier molecular flexibility index (Phi) is 5.98. The molecule has 1 fully saturated rings. The van der Waals surface area contributed by atoms with Gasteiger partial charge in [-0.15, -0.1) is 11.3 Å². The van der Waals surface area contributed by atoms with Crippen LogP contribution in [0, 0.1) is 0 Å². The summed E-state index contributed by atoms with van der Waals surface area (Å²) < 4.78 is 10.8. The summed E-state index contributed by atoms with van der Waals surface area (Å²) in [5.74, 6) is 0.946. The highest BCUT2D eigenvalue weighted by Crippen LogP contribution is 2.32. The first kappa shape index (κ1) is 19.7. The van der Waals surface area contributed by atoms with Gasteiger partial charge in [-0.05, 0) is 29.1 Å². The third-order valence-corrected chi connectivity index (χ3v) is 5.93. The van der Waals surface area contributed by atoms with Gasteiger partial charge in [0.1, 0.15) is 6.04 Å². The van der Waals surface area contributed by atoms with Crippen LogP contribution in [-0.4, -0.2) is 72.3 Å². The minimum absolute atomic E-state index is 0.250. The first-order valence-electron chi connectivity index (χ1n) is 9.49. The number of thiophene rings is 1. The van der Waals surface area contributed by atoms with Gasteiger partial charge in [-0.25, -0.2) is 0 Å². The van der Waals surface area contributed by atoms with Crippen LogP contribution in [0.2, 0.25) is 0 Å². The molecule has 2 aromatic rings. The second-order valence-electron chi connectivity index (χ2n) is 6.97. The van der Waals surface area contributed by atoms with Crippen molar-refractivity contribution in [3.63, 3.8) is 0 Å². The summed E-state index contributed by atoms with van der Waals surface area (Å²) in [6.45, 7) is 3.14. The van der Waals surface area contributed by atoms with E-state index in [2.05, 4.69) is 10.2 Å². The van der Waals surface area contributed by atoms with Gasteiger partial charge in [0.15, 0.2) is 11.5 Å². The third kappa shape index (κ3) is 4.52. The lowest BCUT2D eigenvalue weighted by Crippen LogP contribution is -2.55. The third-order valence-electron chi connectivity index (χ3n) is 5.06. The number of nitrogens with one attached hydrogen (secondary N) is 1. The van der Waals surface area contributed by atoms with Crippen LogP contribution in [0.25, 0.3) is 0 Å². The zero-order valence-electron chi connectivity index (χ0n) is 15.9. The second-order valence-corrected chi connectivity index (χ2v) is 7.92. The Hall–Kier alpha value is -2.62. The van der Waals surface area contributed by atoms with Gasteiger partial charge < -0.3 is 24.8 Å². The van der Waals surface area contributed by atoms with Crippen molar-refractivity contribution in [3.05, 3.63) is 46.2 Å². The van der Waals surface area contributed by atoms with E-state index >= 15 is 0 Å². The van der Waals surface area contributed by atoms with Crippen molar-refractivity contribution >= 4 is 23.2 Å². The molecule has 0 bridgehead atoms. The van der Waals surface area contributed by atoms with Crippen LogP contribution < -0.4 is 14.8 Å². The van der Waals surface area contributed by atoms with Crippen LogP contribution in [0.5, 0.6) is 11.5 Å². The Labute approximate surface area is 172 Å².